The first-order valence-corrected chi connectivity index (χ1v) is 6.39. The minimum atomic E-state index is -0.532. The molecule has 0 radical (unpaired) electrons. The minimum absolute atomic E-state index is 0.303. The fraction of sp³-hybridized carbons (Fsp3) is 0.267. The largest absolute Gasteiger partial charge is 0.455 e. The second-order valence-electron chi connectivity index (χ2n) is 5.66. The molecule has 0 fully saturated rings. The van der Waals surface area contributed by atoms with E-state index in [2.05, 4.69) is 15.0 Å². The Bertz CT molecular complexity index is 800. The SMILES string of the molecule is CC(C)(C)OC(=O)c1cc2c(cn1)[nH]c1ccncc12. The van der Waals surface area contributed by atoms with Gasteiger partial charge in [-0.3, -0.25) is 4.98 Å². The van der Waals surface area contributed by atoms with Crippen molar-refractivity contribution in [2.24, 2.45) is 0 Å². The highest BCUT2D eigenvalue weighted by atomic mass is 16.6. The molecule has 0 bridgehead atoms. The number of nitrogens with zero attached hydrogens (tertiary/aromatic N) is 2. The quantitative estimate of drug-likeness (QED) is 0.689. The summed E-state index contributed by atoms with van der Waals surface area (Å²) in [6.07, 6.45) is 5.14. The number of rotatable bonds is 1. The molecule has 3 aromatic rings. The maximum absolute atomic E-state index is 12.1. The van der Waals surface area contributed by atoms with Gasteiger partial charge in [0.05, 0.1) is 11.7 Å². The van der Waals surface area contributed by atoms with Crippen LogP contribution < -0.4 is 0 Å². The molecule has 102 valence electrons. The Hall–Kier alpha value is -2.43. The highest BCUT2D eigenvalue weighted by Gasteiger charge is 2.19. The molecule has 0 atom stereocenters. The van der Waals surface area contributed by atoms with Crippen molar-refractivity contribution < 1.29 is 9.53 Å². The van der Waals surface area contributed by atoms with E-state index >= 15 is 0 Å². The second-order valence-corrected chi connectivity index (χ2v) is 5.66. The lowest BCUT2D eigenvalue weighted by Gasteiger charge is -2.18. The van der Waals surface area contributed by atoms with E-state index < -0.39 is 11.6 Å². The van der Waals surface area contributed by atoms with Crippen molar-refractivity contribution in [1.29, 1.82) is 0 Å². The molecule has 0 amide bonds. The van der Waals surface area contributed by atoms with Crippen molar-refractivity contribution in [3.05, 3.63) is 36.4 Å². The van der Waals surface area contributed by atoms with E-state index in [9.17, 15) is 4.79 Å². The van der Waals surface area contributed by atoms with Crippen molar-refractivity contribution in [3.8, 4) is 0 Å². The lowest BCUT2D eigenvalue weighted by molar-refractivity contribution is 0.00631. The van der Waals surface area contributed by atoms with Crippen LogP contribution in [0.25, 0.3) is 21.8 Å². The number of carbonyl (C=O) groups is 1. The molecule has 0 saturated heterocycles. The van der Waals surface area contributed by atoms with Crippen LogP contribution in [0, 0.1) is 0 Å². The molecule has 5 heteroatoms. The summed E-state index contributed by atoms with van der Waals surface area (Å²) in [6.45, 7) is 5.50. The van der Waals surface area contributed by atoms with Gasteiger partial charge in [0.15, 0.2) is 0 Å². The van der Waals surface area contributed by atoms with Crippen LogP contribution in [0.2, 0.25) is 0 Å². The zero-order valence-electron chi connectivity index (χ0n) is 11.6. The Balaban J connectivity index is 2.10. The molecule has 0 aliphatic heterocycles. The predicted molar refractivity (Wildman–Crippen MR) is 76.6 cm³/mol. The number of aromatic nitrogens is 3. The van der Waals surface area contributed by atoms with Gasteiger partial charge in [-0.15, -0.1) is 0 Å². The van der Waals surface area contributed by atoms with Crippen LogP contribution in [-0.2, 0) is 4.74 Å². The van der Waals surface area contributed by atoms with E-state index in [-0.39, 0.29) is 0 Å². The first-order valence-electron chi connectivity index (χ1n) is 6.39. The van der Waals surface area contributed by atoms with Crippen LogP contribution >= 0.6 is 0 Å². The van der Waals surface area contributed by atoms with Crippen LogP contribution in [0.4, 0.5) is 0 Å². The first kappa shape index (κ1) is 12.6. The molecule has 0 aromatic carbocycles. The molecule has 0 saturated carbocycles. The highest BCUT2D eigenvalue weighted by molar-refractivity contribution is 6.08. The lowest BCUT2D eigenvalue weighted by atomic mass is 10.2. The third-order valence-corrected chi connectivity index (χ3v) is 2.89. The number of H-pyrrole nitrogens is 1. The fourth-order valence-corrected chi connectivity index (χ4v) is 2.08. The van der Waals surface area contributed by atoms with Gasteiger partial charge in [0.1, 0.15) is 11.3 Å². The summed E-state index contributed by atoms with van der Waals surface area (Å²) in [7, 11) is 0. The molecule has 0 spiro atoms. The Kier molecular flexibility index (Phi) is 2.71. The van der Waals surface area contributed by atoms with Crippen LogP contribution in [0.3, 0.4) is 0 Å². The van der Waals surface area contributed by atoms with Gasteiger partial charge in [0, 0.05) is 28.7 Å². The summed E-state index contributed by atoms with van der Waals surface area (Å²) in [5.74, 6) is -0.419. The van der Waals surface area contributed by atoms with Gasteiger partial charge in [-0.25, -0.2) is 9.78 Å². The zero-order chi connectivity index (χ0) is 14.3. The van der Waals surface area contributed by atoms with Crippen molar-refractivity contribution in [2.45, 2.75) is 26.4 Å². The number of ether oxygens (including phenoxy) is 1. The number of hydrogen-bond donors (Lipinski definition) is 1. The third kappa shape index (κ3) is 2.22. The summed E-state index contributed by atoms with van der Waals surface area (Å²) >= 11 is 0. The molecule has 0 unspecified atom stereocenters. The lowest BCUT2D eigenvalue weighted by Crippen LogP contribution is -2.24. The van der Waals surface area contributed by atoms with Crippen molar-refractivity contribution in [1.82, 2.24) is 15.0 Å². The van der Waals surface area contributed by atoms with Gasteiger partial charge < -0.3 is 9.72 Å². The minimum Gasteiger partial charge on any atom is -0.455 e. The maximum atomic E-state index is 12.1. The van der Waals surface area contributed by atoms with E-state index in [0.29, 0.717) is 5.69 Å². The van der Waals surface area contributed by atoms with Gasteiger partial charge in [0.25, 0.3) is 0 Å². The van der Waals surface area contributed by atoms with Gasteiger partial charge in [-0.05, 0) is 32.9 Å². The molecule has 1 N–H and O–H groups in total. The number of nitrogens with one attached hydrogen (secondary N) is 1. The van der Waals surface area contributed by atoms with E-state index in [0.717, 1.165) is 21.8 Å². The number of esters is 1. The molecule has 0 aliphatic rings. The normalized spacial score (nSPS) is 11.9. The maximum Gasteiger partial charge on any atom is 0.357 e. The van der Waals surface area contributed by atoms with E-state index in [1.165, 1.54) is 0 Å². The van der Waals surface area contributed by atoms with Crippen LogP contribution in [0.15, 0.2) is 30.7 Å². The van der Waals surface area contributed by atoms with Crippen molar-refractivity contribution in [3.63, 3.8) is 0 Å². The van der Waals surface area contributed by atoms with E-state index in [1.807, 2.05) is 26.8 Å². The zero-order valence-corrected chi connectivity index (χ0v) is 11.6. The Morgan fingerprint density at radius 3 is 2.75 bits per heavy atom. The predicted octanol–water partition coefficient (Wildman–Crippen LogP) is 3.07. The van der Waals surface area contributed by atoms with E-state index in [4.69, 9.17) is 4.74 Å². The van der Waals surface area contributed by atoms with Crippen LogP contribution in [-0.4, -0.2) is 26.5 Å². The van der Waals surface area contributed by atoms with Crippen LogP contribution in [0.5, 0.6) is 0 Å². The average Bonchev–Trinajstić information content (AvgIpc) is 2.74. The Labute approximate surface area is 116 Å². The fourth-order valence-electron chi connectivity index (χ4n) is 2.08. The van der Waals surface area contributed by atoms with Crippen molar-refractivity contribution >= 4 is 27.8 Å². The van der Waals surface area contributed by atoms with Gasteiger partial charge >= 0.3 is 5.97 Å². The second kappa shape index (κ2) is 4.30. The topological polar surface area (TPSA) is 67.9 Å². The van der Waals surface area contributed by atoms with Gasteiger partial charge in [-0.1, -0.05) is 0 Å². The molecule has 3 aromatic heterocycles. The highest BCUT2D eigenvalue weighted by Crippen LogP contribution is 2.24. The summed E-state index contributed by atoms with van der Waals surface area (Å²) in [5.41, 5.74) is 1.62. The molecule has 5 nitrogen and oxygen atoms in total. The monoisotopic (exact) mass is 269 g/mol. The number of aromatic amines is 1. The number of fused-ring (bicyclic) bond motifs is 3. The average molecular weight is 269 g/mol. The standard InChI is InChI=1S/C15H15N3O2/c1-15(2,3)20-14(19)12-6-9-10-7-16-5-4-11(10)18-13(9)8-17-12/h4-8,18H,1-3H3. The van der Waals surface area contributed by atoms with Gasteiger partial charge in [-0.2, -0.15) is 0 Å². The molecular formula is C15H15N3O2. The molecular weight excluding hydrogens is 254 g/mol. The Morgan fingerprint density at radius 2 is 2.00 bits per heavy atom. The summed E-state index contributed by atoms with van der Waals surface area (Å²) in [6, 6.07) is 3.63. The number of carbonyl (C=O) groups excluding carboxylic acids is 1. The molecule has 0 aliphatic carbocycles. The Morgan fingerprint density at radius 1 is 1.20 bits per heavy atom. The molecule has 3 heterocycles. The van der Waals surface area contributed by atoms with E-state index in [1.54, 1.807) is 24.7 Å². The smallest absolute Gasteiger partial charge is 0.357 e. The third-order valence-electron chi connectivity index (χ3n) is 2.89. The number of pyridine rings is 2. The summed E-state index contributed by atoms with van der Waals surface area (Å²) in [5, 5.41) is 1.89. The molecule has 3 rings (SSSR count). The van der Waals surface area contributed by atoms with Gasteiger partial charge in [0.2, 0.25) is 0 Å². The molecule has 20 heavy (non-hydrogen) atoms. The van der Waals surface area contributed by atoms with Crippen molar-refractivity contribution in [2.75, 3.05) is 0 Å². The summed E-state index contributed by atoms with van der Waals surface area (Å²) in [4.78, 5) is 23.6. The summed E-state index contributed by atoms with van der Waals surface area (Å²) < 4.78 is 5.33. The number of hydrogen-bond acceptors (Lipinski definition) is 4. The first-order chi connectivity index (χ1) is 9.44. The van der Waals surface area contributed by atoms with Crippen LogP contribution in [0.1, 0.15) is 31.3 Å².